The molecule has 0 atom stereocenters. The second-order valence-corrected chi connectivity index (χ2v) is 19.3. The van der Waals surface area contributed by atoms with Gasteiger partial charge in [-0.05, 0) is 127 Å². The van der Waals surface area contributed by atoms with Gasteiger partial charge < -0.3 is 4.90 Å². The minimum Gasteiger partial charge on any atom is -0.310 e. The molecule has 0 radical (unpaired) electrons. The van der Waals surface area contributed by atoms with Crippen LogP contribution in [0.5, 0.6) is 0 Å². The van der Waals surface area contributed by atoms with Gasteiger partial charge in [0.05, 0.1) is 5.41 Å². The van der Waals surface area contributed by atoms with Gasteiger partial charge in [-0.25, -0.2) is 0 Å². The molecule has 0 unspecified atom stereocenters. The van der Waals surface area contributed by atoms with E-state index in [2.05, 4.69) is 229 Å². The Bertz CT molecular complexity index is 3790. The molecule has 0 saturated heterocycles. The van der Waals surface area contributed by atoms with E-state index in [0.717, 1.165) is 17.1 Å². The average Bonchev–Trinajstić information content (AvgIpc) is 4.10. The lowest BCUT2D eigenvalue weighted by Gasteiger charge is -2.32. The highest BCUT2D eigenvalue weighted by atomic mass is 32.1. The van der Waals surface area contributed by atoms with Gasteiger partial charge in [-0.1, -0.05) is 164 Å². The van der Waals surface area contributed by atoms with E-state index in [1.807, 2.05) is 22.7 Å². The molecule has 0 amide bonds. The summed E-state index contributed by atoms with van der Waals surface area (Å²) < 4.78 is 5.31. The summed E-state index contributed by atoms with van der Waals surface area (Å²) in [5, 5.41) is 5.28. The average molecular weight is 848 g/mol. The van der Waals surface area contributed by atoms with Crippen molar-refractivity contribution in [3.63, 3.8) is 0 Å². The van der Waals surface area contributed by atoms with E-state index in [-0.39, 0.29) is 0 Å². The lowest BCUT2D eigenvalue weighted by atomic mass is 9.70. The summed E-state index contributed by atoms with van der Waals surface area (Å²) >= 11 is 3.75. The Morgan fingerprint density at radius 2 is 0.750 bits per heavy atom. The van der Waals surface area contributed by atoms with Gasteiger partial charge in [0.2, 0.25) is 0 Å². The number of anilines is 3. The first-order valence-electron chi connectivity index (χ1n) is 22.0. The van der Waals surface area contributed by atoms with Crippen LogP contribution in [0.1, 0.15) is 22.3 Å². The van der Waals surface area contributed by atoms with Gasteiger partial charge in [-0.2, -0.15) is 0 Å². The molecule has 2 aliphatic rings. The number of rotatable bonds is 5. The molecule has 0 bridgehead atoms. The summed E-state index contributed by atoms with van der Waals surface area (Å²) in [5.41, 5.74) is 18.5. The molecule has 298 valence electrons. The molecule has 2 aromatic heterocycles. The van der Waals surface area contributed by atoms with Gasteiger partial charge in [0.25, 0.3) is 0 Å². The number of nitrogens with zero attached hydrogens (tertiary/aromatic N) is 1. The normalized spacial score (nSPS) is 13.1. The van der Waals surface area contributed by atoms with E-state index >= 15 is 0 Å². The zero-order valence-corrected chi connectivity index (χ0v) is 36.3. The van der Waals surface area contributed by atoms with Gasteiger partial charge in [-0.3, -0.25) is 0 Å². The third-order valence-electron chi connectivity index (χ3n) is 13.9. The fraction of sp³-hybridized carbons (Fsp3) is 0.0164. The summed E-state index contributed by atoms with van der Waals surface area (Å²) in [5.74, 6) is 0. The number of thiophene rings is 2. The molecule has 1 nitrogen and oxygen atoms in total. The third kappa shape index (κ3) is 5.05. The van der Waals surface area contributed by atoms with Crippen LogP contribution >= 0.6 is 22.7 Å². The van der Waals surface area contributed by atoms with Crippen LogP contribution in [0.3, 0.4) is 0 Å². The van der Waals surface area contributed by atoms with Crippen LogP contribution in [-0.4, -0.2) is 0 Å². The largest absolute Gasteiger partial charge is 0.310 e. The van der Waals surface area contributed by atoms with E-state index in [9.17, 15) is 0 Å². The molecule has 0 aliphatic heterocycles. The van der Waals surface area contributed by atoms with Crippen molar-refractivity contribution < 1.29 is 0 Å². The standard InChI is InChI=1S/C61H37NS2/c1-6-19-53-45(12-1)46-13-2-7-20-54(46)61(53)55-21-8-3-14-47(55)48-34-33-43(37-56(48)61)62(41-29-24-38(25-30-41)40-28-35-59-52(36-40)50-16-5-9-22-57(50)63-59)42-31-26-39(27-32-42)44-17-11-18-51-49-15-4-10-23-58(49)64-60(44)51/h1-37H. The maximum Gasteiger partial charge on any atom is 0.0726 e. The van der Waals surface area contributed by atoms with Crippen LogP contribution in [0.25, 0.3) is 84.9 Å². The summed E-state index contributed by atoms with van der Waals surface area (Å²) in [4.78, 5) is 2.45. The van der Waals surface area contributed by atoms with Crippen molar-refractivity contribution in [3.8, 4) is 44.5 Å². The van der Waals surface area contributed by atoms with E-state index in [1.165, 1.54) is 107 Å². The van der Waals surface area contributed by atoms with Crippen LogP contribution in [-0.2, 0) is 5.41 Å². The van der Waals surface area contributed by atoms with E-state index in [4.69, 9.17) is 0 Å². The first-order chi connectivity index (χ1) is 31.7. The second-order valence-electron chi connectivity index (χ2n) is 17.1. The molecule has 2 aliphatic carbocycles. The first kappa shape index (κ1) is 36.0. The van der Waals surface area contributed by atoms with Crippen LogP contribution in [0, 0.1) is 0 Å². The summed E-state index contributed by atoms with van der Waals surface area (Å²) in [6, 6.07) is 84.0. The quantitative estimate of drug-likeness (QED) is 0.167. The van der Waals surface area contributed by atoms with Crippen molar-refractivity contribution in [1.82, 2.24) is 0 Å². The molecule has 0 saturated carbocycles. The minimum absolute atomic E-state index is 0.429. The number of fused-ring (bicyclic) bond motifs is 16. The Balaban J connectivity index is 0.943. The molecule has 0 N–H and O–H groups in total. The third-order valence-corrected chi connectivity index (χ3v) is 16.3. The van der Waals surface area contributed by atoms with Crippen LogP contribution in [0.15, 0.2) is 224 Å². The van der Waals surface area contributed by atoms with Crippen LogP contribution in [0.2, 0.25) is 0 Å². The molecule has 0 fully saturated rings. The van der Waals surface area contributed by atoms with Crippen LogP contribution < -0.4 is 4.90 Å². The maximum atomic E-state index is 2.49. The molecular weight excluding hydrogens is 811 g/mol. The molecular formula is C61H37NS2. The molecule has 14 rings (SSSR count). The Hall–Kier alpha value is -7.56. The number of hydrogen-bond donors (Lipinski definition) is 0. The lowest BCUT2D eigenvalue weighted by molar-refractivity contribution is 0.793. The SMILES string of the molecule is c1ccc2c(c1)-c1ccccc1C21c2ccccc2-c2ccc(N(c3ccc(-c4ccc5sc6ccccc6c5c4)cc3)c3ccc(-c4cccc5c4sc4ccccc45)cc3)cc21. The lowest BCUT2D eigenvalue weighted by Crippen LogP contribution is -2.26. The van der Waals surface area contributed by atoms with Crippen molar-refractivity contribution in [2.45, 2.75) is 5.41 Å². The molecule has 3 heteroatoms. The van der Waals surface area contributed by atoms with E-state index in [0.29, 0.717) is 0 Å². The van der Waals surface area contributed by atoms with Crippen molar-refractivity contribution >= 4 is 80.1 Å². The van der Waals surface area contributed by atoms with Crippen LogP contribution in [0.4, 0.5) is 17.1 Å². The van der Waals surface area contributed by atoms with Gasteiger partial charge in [0.1, 0.15) is 0 Å². The maximum absolute atomic E-state index is 2.49. The first-order valence-corrected chi connectivity index (χ1v) is 23.6. The highest BCUT2D eigenvalue weighted by Crippen LogP contribution is 2.63. The second kappa shape index (κ2) is 13.7. The van der Waals surface area contributed by atoms with Crippen molar-refractivity contribution in [2.24, 2.45) is 0 Å². The summed E-state index contributed by atoms with van der Waals surface area (Å²) in [6.07, 6.45) is 0. The highest BCUT2D eigenvalue weighted by molar-refractivity contribution is 7.26. The van der Waals surface area contributed by atoms with Crippen molar-refractivity contribution in [3.05, 3.63) is 247 Å². The smallest absolute Gasteiger partial charge is 0.0726 e. The Labute approximate surface area is 379 Å². The Morgan fingerprint density at radius 1 is 0.281 bits per heavy atom. The topological polar surface area (TPSA) is 3.24 Å². The Kier molecular flexibility index (Phi) is 7.71. The van der Waals surface area contributed by atoms with Gasteiger partial charge in [0, 0.05) is 57.4 Å². The Morgan fingerprint density at radius 3 is 1.41 bits per heavy atom. The molecule has 12 aromatic rings. The van der Waals surface area contributed by atoms with E-state index < -0.39 is 5.41 Å². The number of hydrogen-bond acceptors (Lipinski definition) is 3. The monoisotopic (exact) mass is 847 g/mol. The van der Waals surface area contributed by atoms with E-state index in [1.54, 1.807) is 0 Å². The highest BCUT2D eigenvalue weighted by Gasteiger charge is 2.51. The molecule has 1 spiro atoms. The van der Waals surface area contributed by atoms with Gasteiger partial charge in [-0.15, -0.1) is 22.7 Å². The molecule has 64 heavy (non-hydrogen) atoms. The van der Waals surface area contributed by atoms with Gasteiger partial charge in [0.15, 0.2) is 0 Å². The molecule has 10 aromatic carbocycles. The summed E-state index contributed by atoms with van der Waals surface area (Å²) in [6.45, 7) is 0. The number of benzene rings is 10. The predicted molar refractivity (Wildman–Crippen MR) is 274 cm³/mol. The zero-order chi connectivity index (χ0) is 41.9. The fourth-order valence-electron chi connectivity index (χ4n) is 11.1. The fourth-order valence-corrected chi connectivity index (χ4v) is 13.5. The van der Waals surface area contributed by atoms with Crippen molar-refractivity contribution in [1.29, 1.82) is 0 Å². The van der Waals surface area contributed by atoms with Gasteiger partial charge >= 0.3 is 0 Å². The molecule has 2 heterocycles. The minimum atomic E-state index is -0.429. The van der Waals surface area contributed by atoms with Crippen molar-refractivity contribution in [2.75, 3.05) is 4.90 Å². The summed E-state index contributed by atoms with van der Waals surface area (Å²) in [7, 11) is 0. The predicted octanol–water partition coefficient (Wildman–Crippen LogP) is 17.6. The zero-order valence-electron chi connectivity index (χ0n) is 34.6.